The van der Waals surface area contributed by atoms with Gasteiger partial charge in [0.25, 0.3) is 0 Å². The van der Waals surface area contributed by atoms with Crippen molar-refractivity contribution in [2.75, 3.05) is 17.1 Å². The van der Waals surface area contributed by atoms with E-state index in [1.165, 1.54) is 11.1 Å². The number of aryl methyl sites for hydroxylation is 2. The largest absolute Gasteiger partial charge is 0.350 e. The quantitative estimate of drug-likeness (QED) is 0.726. The van der Waals surface area contributed by atoms with Gasteiger partial charge in [-0.25, -0.2) is 8.42 Å². The van der Waals surface area contributed by atoms with Gasteiger partial charge in [-0.05, 0) is 53.8 Å². The fourth-order valence-corrected chi connectivity index (χ4v) is 3.78. The fourth-order valence-electron chi connectivity index (χ4n) is 2.80. The van der Waals surface area contributed by atoms with Crippen LogP contribution in [0, 0.1) is 0 Å². The molecule has 0 atom stereocenters. The molecular weight excluding hydrogens is 384 g/mol. The van der Waals surface area contributed by atoms with E-state index in [4.69, 9.17) is 11.6 Å². The van der Waals surface area contributed by atoms with Crippen molar-refractivity contribution in [3.8, 4) is 0 Å². The molecule has 146 valence electrons. The average molecular weight is 409 g/mol. The zero-order chi connectivity index (χ0) is 20.0. The third-order valence-electron chi connectivity index (χ3n) is 4.34. The summed E-state index contributed by atoms with van der Waals surface area (Å²) in [6.07, 6.45) is 2.87. The van der Waals surface area contributed by atoms with E-state index in [1.807, 2.05) is 0 Å². The number of hydrogen-bond acceptors (Lipinski definition) is 3. The van der Waals surface area contributed by atoms with Gasteiger partial charge >= 0.3 is 0 Å². The summed E-state index contributed by atoms with van der Waals surface area (Å²) in [4.78, 5) is 12.4. The molecule has 0 bridgehead atoms. The molecule has 0 aliphatic rings. The molecule has 0 spiro atoms. The number of amides is 1. The van der Waals surface area contributed by atoms with Crippen LogP contribution in [0.3, 0.4) is 0 Å². The zero-order valence-electron chi connectivity index (χ0n) is 15.8. The Kier molecular flexibility index (Phi) is 7.27. The SMILES string of the molecule is CCc1ccc(CC)c(CNC(=O)CN(c2ccc(Cl)cc2)S(C)(=O)=O)c1. The molecule has 7 heteroatoms. The van der Waals surface area contributed by atoms with Gasteiger partial charge in [-0.2, -0.15) is 0 Å². The zero-order valence-corrected chi connectivity index (χ0v) is 17.4. The summed E-state index contributed by atoms with van der Waals surface area (Å²) in [5.74, 6) is -0.362. The minimum absolute atomic E-state index is 0.282. The predicted molar refractivity (Wildman–Crippen MR) is 111 cm³/mol. The van der Waals surface area contributed by atoms with E-state index < -0.39 is 10.0 Å². The number of anilines is 1. The molecule has 0 aliphatic carbocycles. The Hall–Kier alpha value is -2.05. The first kappa shape index (κ1) is 21.3. The van der Waals surface area contributed by atoms with Crippen LogP contribution in [-0.2, 0) is 34.2 Å². The number of rotatable bonds is 8. The Morgan fingerprint density at radius 2 is 1.70 bits per heavy atom. The van der Waals surface area contributed by atoms with E-state index in [-0.39, 0.29) is 12.5 Å². The number of nitrogens with zero attached hydrogens (tertiary/aromatic N) is 1. The van der Waals surface area contributed by atoms with Gasteiger partial charge in [-0.15, -0.1) is 0 Å². The summed E-state index contributed by atoms with van der Waals surface area (Å²) < 4.78 is 25.3. The number of carbonyl (C=O) groups excluding carboxylic acids is 1. The smallest absolute Gasteiger partial charge is 0.241 e. The molecule has 0 aliphatic heterocycles. The topological polar surface area (TPSA) is 66.5 Å². The highest BCUT2D eigenvalue weighted by molar-refractivity contribution is 7.92. The van der Waals surface area contributed by atoms with E-state index in [2.05, 4.69) is 37.4 Å². The summed E-state index contributed by atoms with van der Waals surface area (Å²) in [7, 11) is -3.60. The molecule has 0 unspecified atom stereocenters. The molecule has 0 radical (unpaired) electrons. The van der Waals surface area contributed by atoms with Gasteiger partial charge < -0.3 is 5.32 Å². The fraction of sp³-hybridized carbons (Fsp3) is 0.350. The first-order chi connectivity index (χ1) is 12.7. The lowest BCUT2D eigenvalue weighted by atomic mass is 10.0. The second-order valence-electron chi connectivity index (χ2n) is 6.33. The number of halogens is 1. The van der Waals surface area contributed by atoms with Crippen LogP contribution in [0.4, 0.5) is 5.69 Å². The highest BCUT2D eigenvalue weighted by Gasteiger charge is 2.20. The summed E-state index contributed by atoms with van der Waals surface area (Å²) >= 11 is 5.86. The van der Waals surface area contributed by atoms with Crippen molar-refractivity contribution in [1.29, 1.82) is 0 Å². The second-order valence-corrected chi connectivity index (χ2v) is 8.68. The first-order valence-corrected chi connectivity index (χ1v) is 11.1. The van der Waals surface area contributed by atoms with Crippen LogP contribution in [-0.4, -0.2) is 27.1 Å². The molecule has 0 fully saturated rings. The van der Waals surface area contributed by atoms with Gasteiger partial charge in [0.15, 0.2) is 0 Å². The predicted octanol–water partition coefficient (Wildman–Crippen LogP) is 3.55. The summed E-state index contributed by atoms with van der Waals surface area (Å²) in [6, 6.07) is 12.6. The van der Waals surface area contributed by atoms with Gasteiger partial charge in [0.2, 0.25) is 15.9 Å². The molecular formula is C20H25ClN2O3S. The number of benzene rings is 2. The van der Waals surface area contributed by atoms with Crippen LogP contribution in [0.25, 0.3) is 0 Å². The van der Waals surface area contributed by atoms with Crippen molar-refractivity contribution < 1.29 is 13.2 Å². The summed E-state index contributed by atoms with van der Waals surface area (Å²) in [6.45, 7) is 4.24. The third-order valence-corrected chi connectivity index (χ3v) is 5.73. The van der Waals surface area contributed by atoms with Crippen molar-refractivity contribution in [2.24, 2.45) is 0 Å². The van der Waals surface area contributed by atoms with E-state index in [1.54, 1.807) is 24.3 Å². The molecule has 0 heterocycles. The maximum Gasteiger partial charge on any atom is 0.241 e. The maximum absolute atomic E-state index is 12.4. The molecule has 0 saturated carbocycles. The molecule has 0 saturated heterocycles. The van der Waals surface area contributed by atoms with Gasteiger partial charge in [-0.1, -0.05) is 43.6 Å². The molecule has 2 aromatic carbocycles. The van der Waals surface area contributed by atoms with Crippen LogP contribution < -0.4 is 9.62 Å². The van der Waals surface area contributed by atoms with Crippen molar-refractivity contribution in [3.63, 3.8) is 0 Å². The van der Waals surface area contributed by atoms with E-state index in [9.17, 15) is 13.2 Å². The minimum atomic E-state index is -3.60. The Bertz CT molecular complexity index is 896. The Morgan fingerprint density at radius 3 is 2.26 bits per heavy atom. The molecule has 1 amide bonds. The van der Waals surface area contributed by atoms with Crippen LogP contribution in [0.2, 0.25) is 5.02 Å². The van der Waals surface area contributed by atoms with Gasteiger partial charge in [0.05, 0.1) is 11.9 Å². The number of carbonyl (C=O) groups is 1. The second kappa shape index (κ2) is 9.24. The Morgan fingerprint density at radius 1 is 1.04 bits per heavy atom. The van der Waals surface area contributed by atoms with Crippen molar-refractivity contribution in [3.05, 3.63) is 64.2 Å². The Labute approximate surface area is 166 Å². The first-order valence-electron chi connectivity index (χ1n) is 8.85. The summed E-state index contributed by atoms with van der Waals surface area (Å²) in [5, 5.41) is 3.34. The lowest BCUT2D eigenvalue weighted by molar-refractivity contribution is -0.119. The minimum Gasteiger partial charge on any atom is -0.350 e. The van der Waals surface area contributed by atoms with Gasteiger partial charge in [0.1, 0.15) is 6.54 Å². The summed E-state index contributed by atoms with van der Waals surface area (Å²) in [5.41, 5.74) is 3.84. The molecule has 0 aromatic heterocycles. The average Bonchev–Trinajstić information content (AvgIpc) is 2.64. The number of hydrogen-bond donors (Lipinski definition) is 1. The lowest BCUT2D eigenvalue weighted by Crippen LogP contribution is -2.40. The number of sulfonamides is 1. The van der Waals surface area contributed by atoms with Crippen molar-refractivity contribution >= 4 is 33.2 Å². The monoisotopic (exact) mass is 408 g/mol. The third kappa shape index (κ3) is 5.97. The van der Waals surface area contributed by atoms with E-state index in [0.717, 1.165) is 29.0 Å². The molecule has 27 heavy (non-hydrogen) atoms. The standard InChI is InChI=1S/C20H25ClN2O3S/c1-4-15-6-7-16(5-2)17(12-15)13-22-20(24)14-23(27(3,25)26)19-10-8-18(21)9-11-19/h6-12H,4-5,13-14H2,1-3H3,(H,22,24). The Balaban J connectivity index is 2.12. The van der Waals surface area contributed by atoms with Crippen molar-refractivity contribution in [1.82, 2.24) is 5.32 Å². The van der Waals surface area contributed by atoms with Crippen molar-refractivity contribution in [2.45, 2.75) is 33.2 Å². The molecule has 1 N–H and O–H groups in total. The van der Waals surface area contributed by atoms with Crippen LogP contribution >= 0.6 is 11.6 Å². The van der Waals surface area contributed by atoms with E-state index in [0.29, 0.717) is 17.3 Å². The maximum atomic E-state index is 12.4. The molecule has 2 aromatic rings. The van der Waals surface area contributed by atoms with Gasteiger partial charge in [-0.3, -0.25) is 9.10 Å². The van der Waals surface area contributed by atoms with E-state index >= 15 is 0 Å². The van der Waals surface area contributed by atoms with Crippen LogP contribution in [0.5, 0.6) is 0 Å². The number of nitrogens with one attached hydrogen (secondary N) is 1. The molecule has 2 rings (SSSR count). The normalized spacial score (nSPS) is 11.3. The molecule has 5 nitrogen and oxygen atoms in total. The van der Waals surface area contributed by atoms with Gasteiger partial charge in [0, 0.05) is 11.6 Å². The highest BCUT2D eigenvalue weighted by atomic mass is 35.5. The van der Waals surface area contributed by atoms with Crippen LogP contribution in [0.1, 0.15) is 30.5 Å². The highest BCUT2D eigenvalue weighted by Crippen LogP contribution is 2.20. The van der Waals surface area contributed by atoms with Crippen LogP contribution in [0.15, 0.2) is 42.5 Å². The lowest BCUT2D eigenvalue weighted by Gasteiger charge is -2.22.